The second-order valence-corrected chi connectivity index (χ2v) is 5.29. The summed E-state index contributed by atoms with van der Waals surface area (Å²) in [6, 6.07) is 3.79. The van der Waals surface area contributed by atoms with Gasteiger partial charge in [-0.05, 0) is 24.6 Å². The number of esters is 1. The number of methoxy groups -OCH3 is 1. The molecule has 0 radical (unpaired) electrons. The van der Waals surface area contributed by atoms with Crippen molar-refractivity contribution in [3.63, 3.8) is 0 Å². The summed E-state index contributed by atoms with van der Waals surface area (Å²) in [7, 11) is 1.62. The molecule has 0 fully saturated rings. The quantitative estimate of drug-likeness (QED) is 0.865. The highest BCUT2D eigenvalue weighted by atomic mass is 79.9. The highest BCUT2D eigenvalue weighted by molar-refractivity contribution is 9.10. The topological polar surface area (TPSA) is 61.5 Å². The maximum absolute atomic E-state index is 11.9. The lowest BCUT2D eigenvalue weighted by Gasteiger charge is -2.20. The molecule has 0 saturated heterocycles. The molecule has 5 heteroatoms. The summed E-state index contributed by atoms with van der Waals surface area (Å²) in [6.07, 6.45) is 0.919. The van der Waals surface area contributed by atoms with Crippen molar-refractivity contribution in [2.45, 2.75) is 25.3 Å². The first-order chi connectivity index (χ1) is 8.51. The zero-order chi connectivity index (χ0) is 13.3. The predicted molar refractivity (Wildman–Crippen MR) is 71.7 cm³/mol. The van der Waals surface area contributed by atoms with E-state index in [1.54, 1.807) is 14.0 Å². The van der Waals surface area contributed by atoms with Crippen LogP contribution in [0.15, 0.2) is 16.6 Å². The van der Waals surface area contributed by atoms with Crippen molar-refractivity contribution in [1.29, 1.82) is 0 Å². The molecule has 0 unspecified atom stereocenters. The number of benzene rings is 1. The second kappa shape index (κ2) is 4.90. The van der Waals surface area contributed by atoms with Gasteiger partial charge < -0.3 is 15.2 Å². The fraction of sp³-hybridized carbons (Fsp3) is 0.462. The summed E-state index contributed by atoms with van der Waals surface area (Å²) < 4.78 is 11.3. The Hall–Kier alpha value is -1.07. The van der Waals surface area contributed by atoms with E-state index >= 15 is 0 Å². The lowest BCUT2D eigenvalue weighted by atomic mass is 9.97. The molecule has 2 rings (SSSR count). The molecule has 2 N–H and O–H groups in total. The lowest BCUT2D eigenvalue weighted by Crippen LogP contribution is -2.50. The van der Waals surface area contributed by atoms with Crippen molar-refractivity contribution in [2.24, 2.45) is 5.73 Å². The van der Waals surface area contributed by atoms with Gasteiger partial charge in [0.25, 0.3) is 0 Å². The normalized spacial score (nSPS) is 21.6. The van der Waals surface area contributed by atoms with Crippen LogP contribution in [0.3, 0.4) is 0 Å². The summed E-state index contributed by atoms with van der Waals surface area (Å²) in [5.74, 6) is 0.417. The van der Waals surface area contributed by atoms with Crippen LogP contribution in [0.2, 0.25) is 0 Å². The van der Waals surface area contributed by atoms with E-state index in [2.05, 4.69) is 15.9 Å². The minimum absolute atomic E-state index is 0.340. The van der Waals surface area contributed by atoms with Crippen LogP contribution in [-0.2, 0) is 22.4 Å². The summed E-state index contributed by atoms with van der Waals surface area (Å²) in [5.41, 5.74) is 7.22. The minimum Gasteiger partial charge on any atom is -0.496 e. The zero-order valence-electron chi connectivity index (χ0n) is 10.5. The van der Waals surface area contributed by atoms with Crippen LogP contribution in [0, 0.1) is 0 Å². The lowest BCUT2D eigenvalue weighted by molar-refractivity contribution is -0.149. The molecule has 1 aliphatic rings. The smallest absolute Gasteiger partial charge is 0.326 e. The monoisotopic (exact) mass is 313 g/mol. The van der Waals surface area contributed by atoms with Gasteiger partial charge in [-0.15, -0.1) is 0 Å². The van der Waals surface area contributed by atoms with E-state index in [1.807, 2.05) is 12.1 Å². The summed E-state index contributed by atoms with van der Waals surface area (Å²) >= 11 is 3.49. The van der Waals surface area contributed by atoms with Gasteiger partial charge in [-0.1, -0.05) is 15.9 Å². The van der Waals surface area contributed by atoms with Gasteiger partial charge in [-0.2, -0.15) is 0 Å². The van der Waals surface area contributed by atoms with Crippen molar-refractivity contribution in [1.82, 2.24) is 0 Å². The molecule has 0 spiro atoms. The first-order valence-electron chi connectivity index (χ1n) is 5.82. The van der Waals surface area contributed by atoms with E-state index in [1.165, 1.54) is 0 Å². The van der Waals surface area contributed by atoms with Crippen LogP contribution < -0.4 is 10.5 Å². The Morgan fingerprint density at radius 1 is 1.44 bits per heavy atom. The number of carbonyl (C=O) groups is 1. The number of halogens is 1. The van der Waals surface area contributed by atoms with Gasteiger partial charge in [-0.25, -0.2) is 0 Å². The third-order valence-electron chi connectivity index (χ3n) is 3.22. The van der Waals surface area contributed by atoms with E-state index in [-0.39, 0.29) is 5.97 Å². The largest absolute Gasteiger partial charge is 0.496 e. The molecule has 0 amide bonds. The molecule has 1 aliphatic carbocycles. The maximum Gasteiger partial charge on any atom is 0.326 e. The van der Waals surface area contributed by atoms with Gasteiger partial charge in [0.1, 0.15) is 11.3 Å². The van der Waals surface area contributed by atoms with Crippen LogP contribution in [0.1, 0.15) is 18.1 Å². The number of ether oxygens (including phenoxy) is 2. The Bertz CT molecular complexity index is 489. The number of nitrogens with two attached hydrogens (primary N) is 1. The van der Waals surface area contributed by atoms with E-state index in [0.29, 0.717) is 19.4 Å². The predicted octanol–water partition coefficient (Wildman–Crippen LogP) is 1.82. The average molecular weight is 314 g/mol. The van der Waals surface area contributed by atoms with Crippen LogP contribution in [-0.4, -0.2) is 25.2 Å². The summed E-state index contributed by atoms with van der Waals surface area (Å²) in [5, 5.41) is 0. The van der Waals surface area contributed by atoms with Crippen LogP contribution >= 0.6 is 15.9 Å². The van der Waals surface area contributed by atoms with Gasteiger partial charge in [0, 0.05) is 22.9 Å². The van der Waals surface area contributed by atoms with E-state index in [4.69, 9.17) is 15.2 Å². The maximum atomic E-state index is 11.9. The van der Waals surface area contributed by atoms with E-state index < -0.39 is 5.54 Å². The SMILES string of the molecule is CCOC(=O)[C@]1(N)Cc2c(Br)ccc(OC)c2C1. The van der Waals surface area contributed by atoms with Gasteiger partial charge in [0.05, 0.1) is 13.7 Å². The average Bonchev–Trinajstić information content (AvgIpc) is 2.70. The Balaban J connectivity index is 2.37. The number of rotatable bonds is 3. The molecular formula is C13H16BrNO3. The van der Waals surface area contributed by atoms with E-state index in [0.717, 1.165) is 21.3 Å². The van der Waals surface area contributed by atoms with Crippen LogP contribution in [0.25, 0.3) is 0 Å². The number of fused-ring (bicyclic) bond motifs is 1. The Labute approximate surface area is 115 Å². The van der Waals surface area contributed by atoms with Gasteiger partial charge in [0.15, 0.2) is 0 Å². The highest BCUT2D eigenvalue weighted by Gasteiger charge is 2.43. The molecule has 0 bridgehead atoms. The molecule has 18 heavy (non-hydrogen) atoms. The molecular weight excluding hydrogens is 298 g/mol. The fourth-order valence-corrected chi connectivity index (χ4v) is 2.84. The third kappa shape index (κ3) is 2.12. The first-order valence-corrected chi connectivity index (χ1v) is 6.61. The molecule has 98 valence electrons. The second-order valence-electron chi connectivity index (χ2n) is 4.44. The van der Waals surface area contributed by atoms with Crippen molar-refractivity contribution in [3.05, 3.63) is 27.7 Å². The molecule has 1 atom stereocenters. The summed E-state index contributed by atoms with van der Waals surface area (Å²) in [4.78, 5) is 11.9. The van der Waals surface area contributed by atoms with Crippen molar-refractivity contribution in [2.75, 3.05) is 13.7 Å². The van der Waals surface area contributed by atoms with E-state index in [9.17, 15) is 4.79 Å². The van der Waals surface area contributed by atoms with Gasteiger partial charge >= 0.3 is 5.97 Å². The molecule has 4 nitrogen and oxygen atoms in total. The summed E-state index contributed by atoms with van der Waals surface area (Å²) in [6.45, 7) is 2.12. The Kier molecular flexibility index (Phi) is 3.64. The number of carbonyl (C=O) groups excluding carboxylic acids is 1. The molecule has 1 aromatic carbocycles. The first kappa shape index (κ1) is 13.4. The molecule has 0 aliphatic heterocycles. The Morgan fingerprint density at radius 3 is 2.72 bits per heavy atom. The number of hydrogen-bond acceptors (Lipinski definition) is 4. The van der Waals surface area contributed by atoms with Gasteiger partial charge in [-0.3, -0.25) is 4.79 Å². The molecule has 0 saturated carbocycles. The molecule has 1 aromatic rings. The number of hydrogen-bond donors (Lipinski definition) is 1. The van der Waals surface area contributed by atoms with Crippen LogP contribution in [0.4, 0.5) is 0 Å². The van der Waals surface area contributed by atoms with Crippen LogP contribution in [0.5, 0.6) is 5.75 Å². The van der Waals surface area contributed by atoms with Crippen molar-refractivity contribution in [3.8, 4) is 5.75 Å². The molecule has 0 heterocycles. The van der Waals surface area contributed by atoms with Crippen molar-refractivity contribution >= 4 is 21.9 Å². The van der Waals surface area contributed by atoms with Crippen molar-refractivity contribution < 1.29 is 14.3 Å². The highest BCUT2D eigenvalue weighted by Crippen LogP contribution is 2.39. The minimum atomic E-state index is -0.977. The fourth-order valence-electron chi connectivity index (χ4n) is 2.33. The Morgan fingerprint density at radius 2 is 2.11 bits per heavy atom. The third-order valence-corrected chi connectivity index (χ3v) is 3.96. The van der Waals surface area contributed by atoms with Gasteiger partial charge in [0.2, 0.25) is 0 Å². The molecule has 0 aromatic heterocycles. The standard InChI is InChI=1S/C13H16BrNO3/c1-3-18-12(16)13(15)6-8-9(7-13)11(17-2)5-4-10(8)14/h4-5H,3,6-7,15H2,1-2H3/t13-/m0/s1. The zero-order valence-corrected chi connectivity index (χ0v) is 12.0.